The molecule has 2 heterocycles. The Hall–Kier alpha value is -2.77. The van der Waals surface area contributed by atoms with Crippen LogP contribution in [0.1, 0.15) is 32.8 Å². The Morgan fingerprint density at radius 3 is 2.38 bits per heavy atom. The predicted molar refractivity (Wildman–Crippen MR) is 104 cm³/mol. The summed E-state index contributed by atoms with van der Waals surface area (Å²) in [6.07, 6.45) is -0.484. The Balaban J connectivity index is 1.65. The number of rotatable bonds is 3. The van der Waals surface area contributed by atoms with E-state index in [-0.39, 0.29) is 26.2 Å². The fourth-order valence-corrected chi connectivity index (χ4v) is 4.05. The van der Waals surface area contributed by atoms with Crippen LogP contribution in [0.15, 0.2) is 30.3 Å². The Bertz CT molecular complexity index is 775. The van der Waals surface area contributed by atoms with Crippen molar-refractivity contribution in [1.82, 2.24) is 9.80 Å². The first kappa shape index (κ1) is 21.0. The van der Waals surface area contributed by atoms with Gasteiger partial charge in [-0.15, -0.1) is 0 Å². The van der Waals surface area contributed by atoms with Crippen LogP contribution in [0.3, 0.4) is 0 Å². The minimum absolute atomic E-state index is 0.0745. The number of aliphatic carboxylic acids is 1. The molecule has 2 atom stereocenters. The molecule has 0 bridgehead atoms. The van der Waals surface area contributed by atoms with Gasteiger partial charge in [0.2, 0.25) is 0 Å². The van der Waals surface area contributed by atoms with Crippen LogP contribution in [0.2, 0.25) is 0 Å². The van der Waals surface area contributed by atoms with E-state index >= 15 is 0 Å². The van der Waals surface area contributed by atoms with Crippen molar-refractivity contribution >= 4 is 18.2 Å². The van der Waals surface area contributed by atoms with Crippen molar-refractivity contribution in [1.29, 1.82) is 0 Å². The lowest BCUT2D eigenvalue weighted by Gasteiger charge is -2.29. The number of carbonyl (C=O) groups is 3. The maximum atomic E-state index is 12.5. The van der Waals surface area contributed by atoms with Gasteiger partial charge in [0.15, 0.2) is 0 Å². The van der Waals surface area contributed by atoms with Gasteiger partial charge in [-0.2, -0.15) is 0 Å². The predicted octanol–water partition coefficient (Wildman–Crippen LogP) is 2.97. The maximum absolute atomic E-state index is 12.5. The SMILES string of the molecule is CC(C)(C)OC(=O)N1CCC2(CN(C(=O)OCc3ccccc3)CC2C(=O)O)C1. The van der Waals surface area contributed by atoms with Gasteiger partial charge in [0.05, 0.1) is 5.92 Å². The van der Waals surface area contributed by atoms with Gasteiger partial charge >= 0.3 is 18.2 Å². The summed E-state index contributed by atoms with van der Waals surface area (Å²) >= 11 is 0. The number of ether oxygens (including phenoxy) is 2. The number of nitrogens with zero attached hydrogens (tertiary/aromatic N) is 2. The van der Waals surface area contributed by atoms with Crippen molar-refractivity contribution in [2.75, 3.05) is 26.2 Å². The highest BCUT2D eigenvalue weighted by molar-refractivity contribution is 5.76. The number of hydrogen-bond donors (Lipinski definition) is 1. The average molecular weight is 404 g/mol. The van der Waals surface area contributed by atoms with Crippen molar-refractivity contribution < 1.29 is 29.0 Å². The van der Waals surface area contributed by atoms with E-state index in [9.17, 15) is 19.5 Å². The minimum Gasteiger partial charge on any atom is -0.481 e. The van der Waals surface area contributed by atoms with E-state index in [1.807, 2.05) is 30.3 Å². The van der Waals surface area contributed by atoms with E-state index in [1.165, 1.54) is 4.90 Å². The van der Waals surface area contributed by atoms with Gasteiger partial charge < -0.3 is 24.4 Å². The first-order valence-electron chi connectivity index (χ1n) is 9.76. The first-order valence-corrected chi connectivity index (χ1v) is 9.76. The van der Waals surface area contributed by atoms with Crippen molar-refractivity contribution in [3.8, 4) is 0 Å². The molecular formula is C21H28N2O6. The number of likely N-dealkylation sites (tertiary alicyclic amines) is 2. The molecule has 0 saturated carbocycles. The van der Waals surface area contributed by atoms with Gasteiger partial charge in [0, 0.05) is 31.6 Å². The number of amides is 2. The lowest BCUT2D eigenvalue weighted by molar-refractivity contribution is -0.144. The molecule has 2 aliphatic heterocycles. The maximum Gasteiger partial charge on any atom is 0.410 e. The fourth-order valence-electron chi connectivity index (χ4n) is 4.05. The van der Waals surface area contributed by atoms with Crippen LogP contribution in [-0.4, -0.2) is 64.8 Å². The molecule has 0 radical (unpaired) electrons. The third-order valence-corrected chi connectivity index (χ3v) is 5.45. The van der Waals surface area contributed by atoms with Crippen molar-refractivity contribution in [3.05, 3.63) is 35.9 Å². The molecule has 29 heavy (non-hydrogen) atoms. The van der Waals surface area contributed by atoms with Gasteiger partial charge in [0.25, 0.3) is 0 Å². The molecule has 158 valence electrons. The smallest absolute Gasteiger partial charge is 0.410 e. The molecule has 8 heteroatoms. The fraction of sp³-hybridized carbons (Fsp3) is 0.571. The van der Waals surface area contributed by atoms with Crippen LogP contribution in [0.4, 0.5) is 9.59 Å². The lowest BCUT2D eigenvalue weighted by atomic mass is 9.77. The first-order chi connectivity index (χ1) is 13.6. The summed E-state index contributed by atoms with van der Waals surface area (Å²) in [6, 6.07) is 9.31. The normalized spacial score (nSPS) is 24.0. The van der Waals surface area contributed by atoms with Crippen LogP contribution < -0.4 is 0 Å². The second-order valence-corrected chi connectivity index (χ2v) is 8.83. The van der Waals surface area contributed by atoms with Crippen molar-refractivity contribution in [2.45, 2.75) is 39.4 Å². The number of hydrogen-bond acceptors (Lipinski definition) is 5. The molecule has 2 amide bonds. The van der Waals surface area contributed by atoms with Crippen LogP contribution in [0.25, 0.3) is 0 Å². The molecule has 1 spiro atoms. The summed E-state index contributed by atoms with van der Waals surface area (Å²) in [4.78, 5) is 39.8. The molecule has 1 aromatic rings. The summed E-state index contributed by atoms with van der Waals surface area (Å²) in [6.45, 7) is 6.48. The van der Waals surface area contributed by atoms with E-state index < -0.39 is 35.1 Å². The molecular weight excluding hydrogens is 376 g/mol. The summed E-state index contributed by atoms with van der Waals surface area (Å²) in [7, 11) is 0. The van der Waals surface area contributed by atoms with E-state index in [1.54, 1.807) is 25.7 Å². The number of carboxylic acids is 1. The third-order valence-electron chi connectivity index (χ3n) is 5.45. The Morgan fingerprint density at radius 1 is 1.10 bits per heavy atom. The summed E-state index contributed by atoms with van der Waals surface area (Å²) in [5.74, 6) is -1.71. The van der Waals surface area contributed by atoms with Gasteiger partial charge in [-0.05, 0) is 32.8 Å². The molecule has 0 aliphatic carbocycles. The highest BCUT2D eigenvalue weighted by atomic mass is 16.6. The van der Waals surface area contributed by atoms with E-state index in [0.717, 1.165) is 5.56 Å². The monoisotopic (exact) mass is 404 g/mol. The zero-order chi connectivity index (χ0) is 21.2. The Labute approximate surface area is 170 Å². The van der Waals surface area contributed by atoms with Crippen molar-refractivity contribution in [2.24, 2.45) is 11.3 Å². The third kappa shape index (κ3) is 4.81. The molecule has 2 aliphatic rings. The zero-order valence-corrected chi connectivity index (χ0v) is 17.1. The van der Waals surface area contributed by atoms with Gasteiger partial charge in [-0.3, -0.25) is 4.79 Å². The average Bonchev–Trinajstić information content (AvgIpc) is 3.24. The highest BCUT2D eigenvalue weighted by Gasteiger charge is 2.56. The second kappa shape index (κ2) is 7.93. The Morgan fingerprint density at radius 2 is 1.76 bits per heavy atom. The Kier molecular flexibility index (Phi) is 5.73. The molecule has 1 aromatic carbocycles. The van der Waals surface area contributed by atoms with Crippen LogP contribution in [-0.2, 0) is 20.9 Å². The van der Waals surface area contributed by atoms with Gasteiger partial charge in [-0.1, -0.05) is 30.3 Å². The standard InChI is InChI=1S/C21H28N2O6/c1-20(2,3)29-19(27)22-10-9-21(13-22)14-23(11-16(21)17(24)25)18(26)28-12-15-7-5-4-6-8-15/h4-8,16H,9-14H2,1-3H3,(H,24,25). The topological polar surface area (TPSA) is 96.4 Å². The quantitative estimate of drug-likeness (QED) is 0.832. The molecule has 2 unspecified atom stereocenters. The van der Waals surface area contributed by atoms with Crippen LogP contribution in [0, 0.1) is 11.3 Å². The minimum atomic E-state index is -0.964. The molecule has 3 rings (SSSR count). The van der Waals surface area contributed by atoms with Crippen LogP contribution >= 0.6 is 0 Å². The van der Waals surface area contributed by atoms with Gasteiger partial charge in [-0.25, -0.2) is 9.59 Å². The molecule has 1 N–H and O–H groups in total. The summed E-state index contributed by atoms with van der Waals surface area (Å²) in [5, 5.41) is 9.74. The molecule has 2 saturated heterocycles. The molecule has 8 nitrogen and oxygen atoms in total. The van der Waals surface area contributed by atoms with E-state index in [4.69, 9.17) is 9.47 Å². The van der Waals surface area contributed by atoms with Crippen LogP contribution in [0.5, 0.6) is 0 Å². The van der Waals surface area contributed by atoms with E-state index in [0.29, 0.717) is 13.0 Å². The number of benzene rings is 1. The zero-order valence-electron chi connectivity index (χ0n) is 17.1. The molecule has 0 aromatic heterocycles. The lowest BCUT2D eigenvalue weighted by Crippen LogP contribution is -2.41. The van der Waals surface area contributed by atoms with E-state index in [2.05, 4.69) is 0 Å². The number of carbonyl (C=O) groups excluding carboxylic acids is 2. The van der Waals surface area contributed by atoms with Crippen molar-refractivity contribution in [3.63, 3.8) is 0 Å². The number of carboxylic acid groups (broad SMARTS) is 1. The summed E-state index contributed by atoms with van der Waals surface area (Å²) < 4.78 is 10.8. The highest BCUT2D eigenvalue weighted by Crippen LogP contribution is 2.44. The second-order valence-electron chi connectivity index (χ2n) is 8.83. The summed E-state index contributed by atoms with van der Waals surface area (Å²) in [5.41, 5.74) is -0.447. The van der Waals surface area contributed by atoms with Gasteiger partial charge in [0.1, 0.15) is 12.2 Å². The molecule has 2 fully saturated rings. The largest absolute Gasteiger partial charge is 0.481 e.